The molecule has 0 aliphatic carbocycles. The molecule has 0 radical (unpaired) electrons. The summed E-state index contributed by atoms with van der Waals surface area (Å²) in [7, 11) is 0. The quantitative estimate of drug-likeness (QED) is 0.739. The van der Waals surface area contributed by atoms with Gasteiger partial charge in [0, 0.05) is 19.5 Å². The van der Waals surface area contributed by atoms with Crippen LogP contribution < -0.4 is 10.9 Å². The van der Waals surface area contributed by atoms with Crippen LogP contribution in [0.15, 0.2) is 35.4 Å². The molecule has 0 bridgehead atoms. The van der Waals surface area contributed by atoms with Gasteiger partial charge in [-0.3, -0.25) is 18.8 Å². The molecule has 0 saturated heterocycles. The van der Waals surface area contributed by atoms with Gasteiger partial charge in [0.05, 0.1) is 34.3 Å². The van der Waals surface area contributed by atoms with E-state index in [1.807, 2.05) is 30.7 Å². The smallest absolute Gasteiger partial charge is 0.261 e. The second-order valence-corrected chi connectivity index (χ2v) is 6.33. The van der Waals surface area contributed by atoms with Gasteiger partial charge in [0.15, 0.2) is 0 Å². The van der Waals surface area contributed by atoms with Gasteiger partial charge in [-0.15, -0.1) is 0 Å². The van der Waals surface area contributed by atoms with Crippen LogP contribution in [0.5, 0.6) is 0 Å². The number of carbonyl (C=O) groups is 1. The van der Waals surface area contributed by atoms with Crippen LogP contribution >= 0.6 is 0 Å². The Morgan fingerprint density at radius 3 is 2.73 bits per heavy atom. The van der Waals surface area contributed by atoms with Gasteiger partial charge in [-0.05, 0) is 32.4 Å². The average Bonchev–Trinajstić information content (AvgIpc) is 2.89. The maximum absolute atomic E-state index is 12.5. The second-order valence-electron chi connectivity index (χ2n) is 6.33. The third-order valence-corrected chi connectivity index (χ3v) is 4.39. The summed E-state index contributed by atoms with van der Waals surface area (Å²) in [6, 6.07) is 7.20. The number of nitrogens with one attached hydrogen (secondary N) is 1. The lowest BCUT2D eigenvalue weighted by molar-refractivity contribution is -0.116. The van der Waals surface area contributed by atoms with Crippen LogP contribution in [-0.2, 0) is 17.9 Å². The standard InChI is InChI=1S/C19H23N5O2/c1-4-10-24-14(3)18(13(2)22-24)21-17(25)9-11-23-12-20-16-8-6-5-7-15(16)19(23)26/h5-8,12H,4,9-11H2,1-3H3,(H,21,25). The molecule has 7 nitrogen and oxygen atoms in total. The largest absolute Gasteiger partial charge is 0.323 e. The van der Waals surface area contributed by atoms with E-state index in [2.05, 4.69) is 22.3 Å². The van der Waals surface area contributed by atoms with Crippen molar-refractivity contribution in [2.24, 2.45) is 0 Å². The molecule has 1 N–H and O–H groups in total. The molecule has 0 fully saturated rings. The van der Waals surface area contributed by atoms with Crippen molar-refractivity contribution in [3.05, 3.63) is 52.3 Å². The van der Waals surface area contributed by atoms with E-state index in [0.717, 1.165) is 30.0 Å². The lowest BCUT2D eigenvalue weighted by Crippen LogP contribution is -2.23. The van der Waals surface area contributed by atoms with Crippen molar-refractivity contribution < 1.29 is 4.79 Å². The molecule has 136 valence electrons. The Labute approximate surface area is 151 Å². The minimum Gasteiger partial charge on any atom is -0.323 e. The van der Waals surface area contributed by atoms with Gasteiger partial charge >= 0.3 is 0 Å². The van der Waals surface area contributed by atoms with Crippen LogP contribution in [-0.4, -0.2) is 25.2 Å². The van der Waals surface area contributed by atoms with Crippen LogP contribution in [0, 0.1) is 13.8 Å². The highest BCUT2D eigenvalue weighted by Gasteiger charge is 2.14. The predicted octanol–water partition coefficient (Wildman–Crippen LogP) is 2.65. The normalized spacial score (nSPS) is 11.0. The van der Waals surface area contributed by atoms with E-state index >= 15 is 0 Å². The number of hydrogen-bond donors (Lipinski definition) is 1. The minimum absolute atomic E-state index is 0.133. The lowest BCUT2D eigenvalue weighted by Gasteiger charge is -2.08. The number of aryl methyl sites for hydroxylation is 3. The maximum atomic E-state index is 12.5. The molecule has 0 aliphatic rings. The van der Waals surface area contributed by atoms with Gasteiger partial charge in [0.1, 0.15) is 0 Å². The summed E-state index contributed by atoms with van der Waals surface area (Å²) in [6.45, 7) is 7.02. The lowest BCUT2D eigenvalue weighted by atomic mass is 10.2. The zero-order valence-corrected chi connectivity index (χ0v) is 15.3. The number of hydrogen-bond acceptors (Lipinski definition) is 4. The highest BCUT2D eigenvalue weighted by molar-refractivity contribution is 5.91. The zero-order chi connectivity index (χ0) is 18.7. The average molecular weight is 353 g/mol. The molecule has 7 heteroatoms. The minimum atomic E-state index is -0.146. The van der Waals surface area contributed by atoms with Crippen molar-refractivity contribution in [3.63, 3.8) is 0 Å². The van der Waals surface area contributed by atoms with E-state index < -0.39 is 0 Å². The first-order valence-corrected chi connectivity index (χ1v) is 8.79. The zero-order valence-electron chi connectivity index (χ0n) is 15.3. The molecular formula is C19H23N5O2. The van der Waals surface area contributed by atoms with E-state index in [1.54, 1.807) is 12.1 Å². The molecule has 3 aromatic rings. The van der Waals surface area contributed by atoms with Gasteiger partial charge in [0.2, 0.25) is 5.91 Å². The molecule has 2 heterocycles. The van der Waals surface area contributed by atoms with Gasteiger partial charge in [-0.25, -0.2) is 4.98 Å². The number of rotatable bonds is 6. The molecule has 0 aliphatic heterocycles. The first kappa shape index (κ1) is 17.8. The number of amides is 1. The number of carbonyl (C=O) groups excluding carboxylic acids is 1. The molecule has 3 rings (SSSR count). The van der Waals surface area contributed by atoms with Crippen LogP contribution in [0.25, 0.3) is 10.9 Å². The van der Waals surface area contributed by atoms with Crippen LogP contribution in [0.1, 0.15) is 31.2 Å². The maximum Gasteiger partial charge on any atom is 0.261 e. The summed E-state index contributed by atoms with van der Waals surface area (Å²) in [5.74, 6) is -0.146. The summed E-state index contributed by atoms with van der Waals surface area (Å²) >= 11 is 0. The molecule has 0 saturated carbocycles. The first-order chi connectivity index (χ1) is 12.5. The third-order valence-electron chi connectivity index (χ3n) is 4.39. The number of fused-ring (bicyclic) bond motifs is 1. The van der Waals surface area contributed by atoms with Crippen molar-refractivity contribution in [3.8, 4) is 0 Å². The van der Waals surface area contributed by atoms with E-state index in [4.69, 9.17) is 0 Å². The van der Waals surface area contributed by atoms with Crippen molar-refractivity contribution in [2.45, 2.75) is 46.7 Å². The molecule has 1 amide bonds. The summed E-state index contributed by atoms with van der Waals surface area (Å²) in [5.41, 5.74) is 3.03. The van der Waals surface area contributed by atoms with Gasteiger partial charge in [-0.1, -0.05) is 19.1 Å². The topological polar surface area (TPSA) is 81.8 Å². The summed E-state index contributed by atoms with van der Waals surface area (Å²) in [6.07, 6.45) is 2.67. The van der Waals surface area contributed by atoms with Gasteiger partial charge in [0.25, 0.3) is 5.56 Å². The Balaban J connectivity index is 1.70. The Morgan fingerprint density at radius 2 is 1.96 bits per heavy atom. The molecule has 26 heavy (non-hydrogen) atoms. The highest BCUT2D eigenvalue weighted by atomic mass is 16.2. The fraction of sp³-hybridized carbons (Fsp3) is 0.368. The van der Waals surface area contributed by atoms with Crippen molar-refractivity contribution in [2.75, 3.05) is 5.32 Å². The number of nitrogens with zero attached hydrogens (tertiary/aromatic N) is 4. The fourth-order valence-electron chi connectivity index (χ4n) is 3.00. The summed E-state index contributed by atoms with van der Waals surface area (Å²) in [5, 5.41) is 7.94. The molecule has 0 unspecified atom stereocenters. The second kappa shape index (κ2) is 7.51. The molecule has 2 aromatic heterocycles. The van der Waals surface area contributed by atoms with E-state index in [-0.39, 0.29) is 24.4 Å². The van der Waals surface area contributed by atoms with Crippen molar-refractivity contribution in [1.82, 2.24) is 19.3 Å². The van der Waals surface area contributed by atoms with Crippen molar-refractivity contribution >= 4 is 22.5 Å². The molecule has 1 aromatic carbocycles. The molecule has 0 atom stereocenters. The SMILES string of the molecule is CCCn1nc(C)c(NC(=O)CCn2cnc3ccccc3c2=O)c1C. The first-order valence-electron chi connectivity index (χ1n) is 8.79. The van der Waals surface area contributed by atoms with Crippen molar-refractivity contribution in [1.29, 1.82) is 0 Å². The highest BCUT2D eigenvalue weighted by Crippen LogP contribution is 2.19. The number of para-hydroxylation sites is 1. The van der Waals surface area contributed by atoms with E-state index in [0.29, 0.717) is 10.9 Å². The summed E-state index contributed by atoms with van der Waals surface area (Å²) in [4.78, 5) is 29.1. The van der Waals surface area contributed by atoms with Crippen LogP contribution in [0.3, 0.4) is 0 Å². The Morgan fingerprint density at radius 1 is 1.19 bits per heavy atom. The molecular weight excluding hydrogens is 330 g/mol. The molecule has 0 spiro atoms. The van der Waals surface area contributed by atoms with Crippen LogP contribution in [0.2, 0.25) is 0 Å². The Kier molecular flexibility index (Phi) is 5.16. The fourth-order valence-corrected chi connectivity index (χ4v) is 3.00. The monoisotopic (exact) mass is 353 g/mol. The predicted molar refractivity (Wildman–Crippen MR) is 101 cm³/mol. The van der Waals surface area contributed by atoms with Gasteiger partial charge in [-0.2, -0.15) is 5.10 Å². The third kappa shape index (κ3) is 3.51. The Bertz CT molecular complexity index is 1000. The number of benzene rings is 1. The number of anilines is 1. The van der Waals surface area contributed by atoms with E-state index in [9.17, 15) is 9.59 Å². The van der Waals surface area contributed by atoms with E-state index in [1.165, 1.54) is 10.9 Å². The number of aromatic nitrogens is 4. The Hall–Kier alpha value is -2.96. The van der Waals surface area contributed by atoms with Gasteiger partial charge < -0.3 is 5.32 Å². The van der Waals surface area contributed by atoms with Crippen LogP contribution in [0.4, 0.5) is 5.69 Å². The summed E-state index contributed by atoms with van der Waals surface area (Å²) < 4.78 is 3.38.